The molecule has 1 rings (SSSR count). The van der Waals surface area contributed by atoms with Gasteiger partial charge in [-0.05, 0) is 16.7 Å². The van der Waals surface area contributed by atoms with Crippen LogP contribution in [0.2, 0.25) is 0 Å². The Labute approximate surface area is 73.1 Å². The summed E-state index contributed by atoms with van der Waals surface area (Å²) in [4.78, 5) is 10.9. The molecule has 0 aromatic carbocycles. The molecule has 0 amide bonds. The monoisotopic (exact) mass is 190 g/mol. The van der Waals surface area contributed by atoms with Gasteiger partial charge in [-0.15, -0.1) is 18.5 Å². The lowest BCUT2D eigenvalue weighted by atomic mass is 9.62. The highest BCUT2D eigenvalue weighted by Crippen LogP contribution is 2.52. The molecule has 0 bridgehead atoms. The van der Waals surface area contributed by atoms with Crippen LogP contribution in [0.5, 0.6) is 0 Å². The first-order valence-electron chi connectivity index (χ1n) is 4.02. The molecule has 1 fully saturated rings. The average Bonchev–Trinajstić information content (AvgIpc) is 1.78. The maximum absolute atomic E-state index is 10.9. The van der Waals surface area contributed by atoms with Crippen molar-refractivity contribution in [2.75, 3.05) is 0 Å². The summed E-state index contributed by atoms with van der Waals surface area (Å²) in [5.74, 6) is 1.04. The van der Waals surface area contributed by atoms with Crippen LogP contribution in [-0.4, -0.2) is 11.2 Å². The third-order valence-electron chi connectivity index (χ3n) is 2.87. The fraction of sp³-hybridized carbons (Fsp3) is 0.875. The van der Waals surface area contributed by atoms with Crippen molar-refractivity contribution in [2.45, 2.75) is 32.1 Å². The van der Waals surface area contributed by atoms with Crippen LogP contribution in [0.1, 0.15) is 26.7 Å². The Kier molecular flexibility index (Phi) is 2.72. The second kappa shape index (κ2) is 3.11. The van der Waals surface area contributed by atoms with Gasteiger partial charge in [0.2, 0.25) is 0 Å². The normalized spacial score (nSPS) is 22.5. The first-order chi connectivity index (χ1) is 4.99. The van der Waals surface area contributed by atoms with Gasteiger partial charge in [-0.1, -0.05) is 13.8 Å². The Hall–Kier alpha value is 0.530. The van der Waals surface area contributed by atoms with E-state index in [-0.39, 0.29) is 5.41 Å². The number of hydrogen-bond acceptors (Lipinski definition) is 1. The van der Waals surface area contributed by atoms with Crippen LogP contribution in [0.15, 0.2) is 0 Å². The van der Waals surface area contributed by atoms with E-state index in [9.17, 15) is 4.79 Å². The minimum Gasteiger partial charge on any atom is -0.300 e. The molecule has 2 atom stereocenters. The highest BCUT2D eigenvalue weighted by Gasteiger charge is 2.48. The molecule has 0 N–H and O–H groups in total. The zero-order valence-electron chi connectivity index (χ0n) is 7.13. The summed E-state index contributed by atoms with van der Waals surface area (Å²) in [6.07, 6.45) is 1.56. The van der Waals surface area contributed by atoms with Gasteiger partial charge in [-0.25, -0.2) is 0 Å². The quantitative estimate of drug-likeness (QED) is 0.609. The lowest BCUT2D eigenvalue weighted by molar-refractivity contribution is -0.134. The summed E-state index contributed by atoms with van der Waals surface area (Å²) < 4.78 is 0. The van der Waals surface area contributed by atoms with Gasteiger partial charge in [-0.3, -0.25) is 4.79 Å². The van der Waals surface area contributed by atoms with Gasteiger partial charge >= 0.3 is 0 Å². The summed E-state index contributed by atoms with van der Waals surface area (Å²) in [6.45, 7) is 4.40. The molecular weight excluding hydrogens is 174 g/mol. The summed E-state index contributed by atoms with van der Waals surface area (Å²) in [5.41, 5.74) is 0.270. The average molecular weight is 190 g/mol. The summed E-state index contributed by atoms with van der Waals surface area (Å²) >= 11 is 0. The summed E-state index contributed by atoms with van der Waals surface area (Å²) in [5, 5.41) is 0.486. The predicted octanol–water partition coefficient (Wildman–Crippen LogP) is 2.07. The Morgan fingerprint density at radius 2 is 1.82 bits per heavy atom. The lowest BCUT2D eigenvalue weighted by Crippen LogP contribution is -2.46. The number of rotatable bonds is 2. The van der Waals surface area contributed by atoms with E-state index in [4.69, 9.17) is 0 Å². The molecule has 1 saturated carbocycles. The Morgan fingerprint density at radius 1 is 1.36 bits per heavy atom. The highest BCUT2D eigenvalue weighted by atomic mass is 31.1. The van der Waals surface area contributed by atoms with Crippen LogP contribution in [0.3, 0.4) is 0 Å². The van der Waals surface area contributed by atoms with E-state index in [0.29, 0.717) is 17.1 Å². The number of carbonyl (C=O) groups excluding carboxylic acids is 1. The molecule has 1 aliphatic carbocycles. The summed E-state index contributed by atoms with van der Waals surface area (Å²) in [7, 11) is 5.59. The van der Waals surface area contributed by atoms with Crippen molar-refractivity contribution >= 4 is 24.3 Å². The first kappa shape index (κ1) is 9.62. The van der Waals surface area contributed by atoms with E-state index in [1.165, 1.54) is 0 Å². The topological polar surface area (TPSA) is 17.1 Å². The third-order valence-corrected chi connectivity index (χ3v) is 4.19. The fourth-order valence-corrected chi connectivity index (χ4v) is 2.95. The van der Waals surface area contributed by atoms with Gasteiger partial charge in [0, 0.05) is 12.8 Å². The van der Waals surface area contributed by atoms with Crippen molar-refractivity contribution in [3.8, 4) is 0 Å². The zero-order valence-corrected chi connectivity index (χ0v) is 9.44. The predicted molar refractivity (Wildman–Crippen MR) is 54.7 cm³/mol. The highest BCUT2D eigenvalue weighted by molar-refractivity contribution is 7.38. The standard InChI is InChI=1S/C8H16OP2/c1-5(2)8(7(10)11)3-6(9)4-8/h5,7H,3-4,10-11H2,1-2H3. The van der Waals surface area contributed by atoms with E-state index in [0.717, 1.165) is 12.8 Å². The SMILES string of the molecule is CC(C)C1(C(P)P)CC(=O)C1. The Morgan fingerprint density at radius 3 is 1.91 bits per heavy atom. The van der Waals surface area contributed by atoms with Crippen molar-refractivity contribution in [2.24, 2.45) is 11.3 Å². The molecule has 0 saturated heterocycles. The second-order valence-electron chi connectivity index (χ2n) is 3.81. The number of Topliss-reactive ketones (excluding diaryl/α,β-unsaturated/α-hetero) is 1. The van der Waals surface area contributed by atoms with Gasteiger partial charge in [0.1, 0.15) is 5.78 Å². The van der Waals surface area contributed by atoms with Crippen molar-refractivity contribution < 1.29 is 4.79 Å². The van der Waals surface area contributed by atoms with Crippen LogP contribution in [0.25, 0.3) is 0 Å². The van der Waals surface area contributed by atoms with Gasteiger partial charge in [0.25, 0.3) is 0 Å². The molecular formula is C8H16OP2. The van der Waals surface area contributed by atoms with E-state index in [2.05, 4.69) is 32.3 Å². The van der Waals surface area contributed by atoms with Crippen molar-refractivity contribution in [3.63, 3.8) is 0 Å². The lowest BCUT2D eigenvalue weighted by Gasteiger charge is -2.47. The second-order valence-corrected chi connectivity index (χ2v) is 6.01. The van der Waals surface area contributed by atoms with Crippen LogP contribution in [0.4, 0.5) is 0 Å². The maximum atomic E-state index is 10.9. The number of hydrogen-bond donors (Lipinski definition) is 0. The molecule has 3 heteroatoms. The van der Waals surface area contributed by atoms with Crippen molar-refractivity contribution in [1.29, 1.82) is 0 Å². The number of carbonyl (C=O) groups is 1. The number of ketones is 1. The molecule has 0 aromatic heterocycles. The molecule has 0 aliphatic heterocycles. The smallest absolute Gasteiger partial charge is 0.134 e. The van der Waals surface area contributed by atoms with E-state index >= 15 is 0 Å². The van der Waals surface area contributed by atoms with Crippen LogP contribution >= 0.6 is 18.5 Å². The van der Waals surface area contributed by atoms with Gasteiger partial charge < -0.3 is 0 Å². The first-order valence-corrected chi connectivity index (χ1v) is 5.35. The van der Waals surface area contributed by atoms with E-state index in [1.807, 2.05) is 0 Å². The molecule has 2 unspecified atom stereocenters. The Bertz CT molecular complexity index is 157. The Balaban J connectivity index is 2.68. The molecule has 1 aliphatic rings. The molecule has 64 valence electrons. The van der Waals surface area contributed by atoms with E-state index in [1.54, 1.807) is 0 Å². The van der Waals surface area contributed by atoms with E-state index < -0.39 is 0 Å². The minimum absolute atomic E-state index is 0.270. The fourth-order valence-electron chi connectivity index (χ4n) is 1.71. The molecule has 1 nitrogen and oxygen atoms in total. The maximum Gasteiger partial charge on any atom is 0.134 e. The zero-order chi connectivity index (χ0) is 8.65. The minimum atomic E-state index is 0.270. The van der Waals surface area contributed by atoms with Gasteiger partial charge in [0.05, 0.1) is 0 Å². The van der Waals surface area contributed by atoms with Crippen LogP contribution in [0, 0.1) is 11.3 Å². The van der Waals surface area contributed by atoms with Crippen LogP contribution in [-0.2, 0) is 4.79 Å². The van der Waals surface area contributed by atoms with Crippen LogP contribution < -0.4 is 0 Å². The molecule has 0 heterocycles. The molecule has 11 heavy (non-hydrogen) atoms. The molecule has 0 aromatic rings. The summed E-state index contributed by atoms with van der Waals surface area (Å²) in [6, 6.07) is 0. The largest absolute Gasteiger partial charge is 0.300 e. The van der Waals surface area contributed by atoms with Crippen molar-refractivity contribution in [3.05, 3.63) is 0 Å². The molecule has 0 radical (unpaired) electrons. The third kappa shape index (κ3) is 1.51. The van der Waals surface area contributed by atoms with Gasteiger partial charge in [-0.2, -0.15) is 0 Å². The van der Waals surface area contributed by atoms with Gasteiger partial charge in [0.15, 0.2) is 0 Å². The van der Waals surface area contributed by atoms with Crippen molar-refractivity contribution in [1.82, 2.24) is 0 Å². The molecule has 0 spiro atoms.